The van der Waals surface area contributed by atoms with E-state index in [4.69, 9.17) is 9.40 Å². The van der Waals surface area contributed by atoms with Crippen LogP contribution in [0.1, 0.15) is 47.3 Å². The molecule has 0 unspecified atom stereocenters. The standard InChI is InChI=1S/C30H31N7O3S/c1-36(30(39)33-21-7-3-2-4-8-21)22-9-10-24-23(16-22)34-29(37(24)15-13-20-6-5-14-31-17-20)35-28(38)27-12-11-26(41-27)25-18-32-19-40-25/h5-6,9-12,14,16-19,21H,2-4,7-8,13,15H2,1H3,(H,33,39)(H,34,35,38). The van der Waals surface area contributed by atoms with Gasteiger partial charge in [-0.05, 0) is 61.2 Å². The van der Waals surface area contributed by atoms with Crippen molar-refractivity contribution in [1.82, 2.24) is 24.8 Å². The third-order valence-electron chi connectivity index (χ3n) is 7.43. The smallest absolute Gasteiger partial charge is 0.321 e. The summed E-state index contributed by atoms with van der Waals surface area (Å²) < 4.78 is 7.36. The van der Waals surface area contributed by atoms with Crippen LogP contribution in [0.25, 0.3) is 21.7 Å². The summed E-state index contributed by atoms with van der Waals surface area (Å²) in [6, 6.07) is 13.4. The Kier molecular flexibility index (Phi) is 7.77. The average Bonchev–Trinajstić information content (AvgIpc) is 3.77. The molecule has 10 nitrogen and oxygen atoms in total. The summed E-state index contributed by atoms with van der Waals surface area (Å²) >= 11 is 1.32. The first-order valence-corrected chi connectivity index (χ1v) is 14.6. The predicted octanol–water partition coefficient (Wildman–Crippen LogP) is 6.12. The highest BCUT2D eigenvalue weighted by Gasteiger charge is 2.21. The maximum atomic E-state index is 13.3. The van der Waals surface area contributed by atoms with Crippen LogP contribution in [0.15, 0.2) is 71.9 Å². The van der Waals surface area contributed by atoms with Crippen molar-refractivity contribution in [2.45, 2.75) is 51.1 Å². The summed E-state index contributed by atoms with van der Waals surface area (Å²) in [7, 11) is 1.77. The van der Waals surface area contributed by atoms with E-state index in [1.807, 2.05) is 47.2 Å². The molecule has 1 aliphatic carbocycles. The van der Waals surface area contributed by atoms with E-state index in [0.29, 0.717) is 35.1 Å². The fourth-order valence-corrected chi connectivity index (χ4v) is 6.02. The number of urea groups is 1. The molecule has 0 aliphatic heterocycles. The van der Waals surface area contributed by atoms with E-state index in [-0.39, 0.29) is 18.0 Å². The molecule has 41 heavy (non-hydrogen) atoms. The SMILES string of the molecule is CN(C(=O)NC1CCCCC1)c1ccc2c(c1)nc(NC(=O)c1ccc(-c3cnco3)s1)n2CCc1cccnc1. The zero-order valence-electron chi connectivity index (χ0n) is 22.7. The van der Waals surface area contributed by atoms with Crippen molar-refractivity contribution in [1.29, 1.82) is 0 Å². The summed E-state index contributed by atoms with van der Waals surface area (Å²) in [6.07, 6.45) is 12.9. The van der Waals surface area contributed by atoms with Gasteiger partial charge in [0.25, 0.3) is 5.91 Å². The number of carbonyl (C=O) groups is 2. The number of aryl methyl sites for hydroxylation is 2. The van der Waals surface area contributed by atoms with Crippen LogP contribution in [-0.4, -0.2) is 44.5 Å². The molecular weight excluding hydrogens is 538 g/mol. The van der Waals surface area contributed by atoms with Gasteiger partial charge in [-0.15, -0.1) is 11.3 Å². The molecule has 1 fully saturated rings. The van der Waals surface area contributed by atoms with Gasteiger partial charge in [0.15, 0.2) is 12.2 Å². The van der Waals surface area contributed by atoms with Crippen molar-refractivity contribution in [2.75, 3.05) is 17.3 Å². The van der Waals surface area contributed by atoms with Crippen LogP contribution in [-0.2, 0) is 13.0 Å². The largest absolute Gasteiger partial charge is 0.443 e. The number of fused-ring (bicyclic) bond motifs is 1. The number of amides is 3. The second-order valence-electron chi connectivity index (χ2n) is 10.2. The number of aromatic nitrogens is 4. The molecule has 210 valence electrons. The van der Waals surface area contributed by atoms with E-state index in [9.17, 15) is 9.59 Å². The summed E-state index contributed by atoms with van der Waals surface area (Å²) in [6.45, 7) is 0.586. The first kappa shape index (κ1) is 26.7. The van der Waals surface area contributed by atoms with Crippen molar-refractivity contribution in [3.05, 3.63) is 77.9 Å². The summed E-state index contributed by atoms with van der Waals surface area (Å²) in [5, 5.41) is 6.17. The molecule has 2 N–H and O–H groups in total. The fourth-order valence-electron chi connectivity index (χ4n) is 5.16. The Bertz CT molecular complexity index is 1640. The van der Waals surface area contributed by atoms with Crippen LogP contribution >= 0.6 is 11.3 Å². The topological polar surface area (TPSA) is 118 Å². The molecule has 6 rings (SSSR count). The molecule has 3 amide bonds. The molecule has 0 radical (unpaired) electrons. The number of hydrogen-bond donors (Lipinski definition) is 2. The predicted molar refractivity (Wildman–Crippen MR) is 159 cm³/mol. The van der Waals surface area contributed by atoms with Crippen LogP contribution < -0.4 is 15.5 Å². The second-order valence-corrected chi connectivity index (χ2v) is 11.3. The number of pyridine rings is 1. The number of carbonyl (C=O) groups excluding carboxylic acids is 2. The Morgan fingerprint density at radius 3 is 2.76 bits per heavy atom. The number of hydrogen-bond acceptors (Lipinski definition) is 7. The first-order chi connectivity index (χ1) is 20.0. The number of rotatable bonds is 8. The van der Waals surface area contributed by atoms with Crippen molar-refractivity contribution in [3.8, 4) is 10.6 Å². The van der Waals surface area contributed by atoms with Gasteiger partial charge in [-0.3, -0.25) is 20.0 Å². The molecule has 1 aromatic carbocycles. The van der Waals surface area contributed by atoms with Crippen molar-refractivity contribution in [3.63, 3.8) is 0 Å². The Balaban J connectivity index is 1.26. The minimum Gasteiger partial charge on any atom is -0.443 e. The monoisotopic (exact) mass is 569 g/mol. The van der Waals surface area contributed by atoms with E-state index >= 15 is 0 Å². The summed E-state index contributed by atoms with van der Waals surface area (Å²) in [5.74, 6) is 0.791. The lowest BCUT2D eigenvalue weighted by Crippen LogP contribution is -2.43. The number of anilines is 2. The fraction of sp³-hybridized carbons (Fsp3) is 0.300. The van der Waals surface area contributed by atoms with Crippen LogP contribution in [0.5, 0.6) is 0 Å². The molecule has 4 aromatic heterocycles. The zero-order chi connectivity index (χ0) is 28.2. The molecule has 0 atom stereocenters. The number of nitrogens with one attached hydrogen (secondary N) is 2. The Morgan fingerprint density at radius 1 is 1.10 bits per heavy atom. The normalized spacial score (nSPS) is 13.8. The lowest BCUT2D eigenvalue weighted by Gasteiger charge is -2.26. The van der Waals surface area contributed by atoms with Crippen molar-refractivity contribution >= 4 is 45.9 Å². The Hall–Kier alpha value is -4.51. The summed E-state index contributed by atoms with van der Waals surface area (Å²) in [5.41, 5.74) is 3.37. The lowest BCUT2D eigenvalue weighted by atomic mass is 9.96. The molecule has 0 spiro atoms. The van der Waals surface area contributed by atoms with E-state index in [2.05, 4.69) is 20.6 Å². The molecule has 1 saturated carbocycles. The molecule has 1 aliphatic rings. The highest BCUT2D eigenvalue weighted by molar-refractivity contribution is 7.17. The lowest BCUT2D eigenvalue weighted by molar-refractivity contribution is 0.102. The van der Waals surface area contributed by atoms with Gasteiger partial charge in [0.2, 0.25) is 5.95 Å². The van der Waals surface area contributed by atoms with Crippen LogP contribution in [0.3, 0.4) is 0 Å². The van der Waals surface area contributed by atoms with Crippen LogP contribution in [0, 0.1) is 0 Å². The average molecular weight is 570 g/mol. The van der Waals surface area contributed by atoms with E-state index in [1.54, 1.807) is 30.4 Å². The highest BCUT2D eigenvalue weighted by atomic mass is 32.1. The minimum absolute atomic E-state index is 0.124. The number of thiophene rings is 1. The quantitative estimate of drug-likeness (QED) is 0.232. The number of nitrogens with zero attached hydrogens (tertiary/aromatic N) is 5. The van der Waals surface area contributed by atoms with Gasteiger partial charge in [-0.2, -0.15) is 0 Å². The summed E-state index contributed by atoms with van der Waals surface area (Å²) in [4.78, 5) is 42.2. The van der Waals surface area contributed by atoms with E-state index in [0.717, 1.165) is 47.3 Å². The molecule has 4 heterocycles. The maximum absolute atomic E-state index is 13.3. The molecule has 11 heteroatoms. The maximum Gasteiger partial charge on any atom is 0.321 e. The van der Waals surface area contributed by atoms with Gasteiger partial charge >= 0.3 is 6.03 Å². The van der Waals surface area contributed by atoms with Gasteiger partial charge < -0.3 is 14.3 Å². The van der Waals surface area contributed by atoms with Gasteiger partial charge in [-0.1, -0.05) is 25.3 Å². The zero-order valence-corrected chi connectivity index (χ0v) is 23.6. The first-order valence-electron chi connectivity index (χ1n) is 13.8. The number of oxazole rings is 1. The number of benzene rings is 1. The third-order valence-corrected chi connectivity index (χ3v) is 8.53. The van der Waals surface area contributed by atoms with Gasteiger partial charge in [-0.25, -0.2) is 14.8 Å². The third kappa shape index (κ3) is 5.99. The van der Waals surface area contributed by atoms with Crippen molar-refractivity contribution in [2.24, 2.45) is 0 Å². The van der Waals surface area contributed by atoms with Gasteiger partial charge in [0.05, 0.1) is 27.0 Å². The number of imidazole rings is 1. The Morgan fingerprint density at radius 2 is 1.98 bits per heavy atom. The van der Waals surface area contributed by atoms with Gasteiger partial charge in [0.1, 0.15) is 0 Å². The Labute approximate surface area is 241 Å². The van der Waals surface area contributed by atoms with E-state index in [1.165, 1.54) is 24.2 Å². The molecule has 0 bridgehead atoms. The molecule has 0 saturated heterocycles. The van der Waals surface area contributed by atoms with Crippen LogP contribution in [0.2, 0.25) is 0 Å². The minimum atomic E-state index is -0.261. The van der Waals surface area contributed by atoms with E-state index < -0.39 is 0 Å². The highest BCUT2D eigenvalue weighted by Crippen LogP contribution is 2.30. The molecular formula is C30H31N7O3S. The van der Waals surface area contributed by atoms with Crippen LogP contribution in [0.4, 0.5) is 16.4 Å². The van der Waals surface area contributed by atoms with Gasteiger partial charge in [0, 0.05) is 37.7 Å². The van der Waals surface area contributed by atoms with Crippen molar-refractivity contribution < 1.29 is 14.0 Å². The second kappa shape index (κ2) is 11.9. The molecule has 5 aromatic rings.